The molecule has 0 unspecified atom stereocenters. The molecule has 0 bridgehead atoms. The fourth-order valence-electron chi connectivity index (χ4n) is 5.29. The highest BCUT2D eigenvalue weighted by atomic mass is 31.2. The Balaban J connectivity index is 1.41. The fraction of sp³-hybridized carbons (Fsp3) is 0.429. The van der Waals surface area contributed by atoms with E-state index in [0.717, 1.165) is 48.0 Å². The Morgan fingerprint density at radius 3 is 2.58 bits per heavy atom. The van der Waals surface area contributed by atoms with Crippen molar-refractivity contribution in [2.45, 2.75) is 32.2 Å². The van der Waals surface area contributed by atoms with Crippen LogP contribution < -0.4 is 25.6 Å². The first-order valence-corrected chi connectivity index (χ1v) is 15.6. The largest absolute Gasteiger partial charge is 0.491 e. The number of piperidine rings is 1. The van der Waals surface area contributed by atoms with E-state index in [2.05, 4.69) is 44.5 Å². The summed E-state index contributed by atoms with van der Waals surface area (Å²) < 4.78 is 34.4. The number of hydrogen-bond acceptors (Lipinski definition) is 8. The molecule has 202 valence electrons. The Morgan fingerprint density at radius 2 is 1.87 bits per heavy atom. The van der Waals surface area contributed by atoms with Crippen LogP contribution in [0.15, 0.2) is 36.5 Å². The van der Waals surface area contributed by atoms with Crippen LogP contribution in [-0.2, 0) is 11.0 Å². The Morgan fingerprint density at radius 1 is 1.13 bits per heavy atom. The summed E-state index contributed by atoms with van der Waals surface area (Å²) in [6, 6.07) is 9.55. The maximum Gasteiger partial charge on any atom is 0.229 e. The Hall–Kier alpha value is -3.16. The van der Waals surface area contributed by atoms with E-state index >= 15 is 4.39 Å². The van der Waals surface area contributed by atoms with Crippen molar-refractivity contribution in [3.8, 4) is 5.75 Å². The fourth-order valence-corrected chi connectivity index (χ4v) is 6.45. The molecule has 0 spiro atoms. The lowest BCUT2D eigenvalue weighted by molar-refractivity contribution is 0.249. The van der Waals surface area contributed by atoms with E-state index in [4.69, 9.17) is 4.74 Å². The lowest BCUT2D eigenvalue weighted by atomic mass is 10.0. The van der Waals surface area contributed by atoms with E-state index in [1.54, 1.807) is 19.5 Å². The molecule has 0 aliphatic carbocycles. The van der Waals surface area contributed by atoms with Crippen LogP contribution in [0.5, 0.6) is 5.75 Å². The summed E-state index contributed by atoms with van der Waals surface area (Å²) in [7, 11) is 1.71. The van der Waals surface area contributed by atoms with Crippen molar-refractivity contribution in [3.63, 3.8) is 0 Å². The van der Waals surface area contributed by atoms with Gasteiger partial charge >= 0.3 is 0 Å². The number of para-hydroxylation sites is 1. The van der Waals surface area contributed by atoms with Gasteiger partial charge in [0.2, 0.25) is 5.95 Å². The van der Waals surface area contributed by atoms with Crippen LogP contribution in [0.4, 0.5) is 33.2 Å². The molecule has 8 nitrogen and oxygen atoms in total. The molecule has 2 aromatic carbocycles. The highest BCUT2D eigenvalue weighted by molar-refractivity contribution is 7.70. The van der Waals surface area contributed by atoms with Gasteiger partial charge in [0.1, 0.15) is 24.5 Å². The Bertz CT molecular complexity index is 1380. The van der Waals surface area contributed by atoms with Crippen LogP contribution in [0.25, 0.3) is 0 Å². The summed E-state index contributed by atoms with van der Waals surface area (Å²) in [6.07, 6.45) is 4.38. The summed E-state index contributed by atoms with van der Waals surface area (Å²) in [4.78, 5) is 13.5. The van der Waals surface area contributed by atoms with E-state index < -0.39 is 7.14 Å². The number of ether oxygens (including phenoxy) is 1. The van der Waals surface area contributed by atoms with Crippen LogP contribution in [0.2, 0.25) is 0 Å². The van der Waals surface area contributed by atoms with Crippen LogP contribution in [0, 0.1) is 12.7 Å². The molecular weight excluding hydrogens is 502 g/mol. The normalized spacial score (nSPS) is 15.9. The average Bonchev–Trinajstić information content (AvgIpc) is 3.36. The van der Waals surface area contributed by atoms with E-state index in [0.29, 0.717) is 48.0 Å². The lowest BCUT2D eigenvalue weighted by Gasteiger charge is -2.37. The maximum atomic E-state index is 15.6. The number of nitrogens with one attached hydrogen (secondary N) is 2. The highest BCUT2D eigenvalue weighted by Gasteiger charge is 2.30. The standard InChI is InChI=1S/C28H36FN6O2P/c1-18-17-30-28(33-27(18)31-22-8-6-7-9-24(22)38(4,5)36)32-23-16-21(29)25(20-12-15-37-26(20)23)35-13-10-19(11-14-35)34(2)3/h6-9,16-17,19H,10-15H2,1-5H3,(H2,30,31,32,33). The van der Waals surface area contributed by atoms with Crippen LogP contribution in [-0.4, -0.2) is 68.0 Å². The van der Waals surface area contributed by atoms with Gasteiger partial charge in [0.25, 0.3) is 0 Å². The third kappa shape index (κ3) is 5.36. The molecule has 0 radical (unpaired) electrons. The summed E-state index contributed by atoms with van der Waals surface area (Å²) in [6.45, 7) is 7.55. The summed E-state index contributed by atoms with van der Waals surface area (Å²) in [5.74, 6) is 1.31. The van der Waals surface area contributed by atoms with E-state index in [1.807, 2.05) is 31.2 Å². The van der Waals surface area contributed by atoms with Gasteiger partial charge in [0.05, 0.1) is 23.7 Å². The van der Waals surface area contributed by atoms with Crippen LogP contribution >= 0.6 is 7.14 Å². The molecule has 5 rings (SSSR count). The molecule has 38 heavy (non-hydrogen) atoms. The second-order valence-electron chi connectivity index (χ2n) is 10.7. The van der Waals surface area contributed by atoms with E-state index in [-0.39, 0.29) is 5.82 Å². The molecule has 2 N–H and O–H groups in total. The number of benzene rings is 2. The van der Waals surface area contributed by atoms with Crippen molar-refractivity contribution < 1.29 is 13.7 Å². The minimum absolute atomic E-state index is 0.263. The molecule has 2 aliphatic rings. The SMILES string of the molecule is Cc1cnc(Nc2cc(F)c(N3CCC(N(C)C)CC3)c3c2OCC3)nc1Nc1ccccc1P(C)(C)=O. The average molecular weight is 539 g/mol. The van der Waals surface area contributed by atoms with Gasteiger partial charge in [0.15, 0.2) is 0 Å². The molecule has 2 aliphatic heterocycles. The summed E-state index contributed by atoms with van der Waals surface area (Å²) in [5, 5.41) is 7.27. The molecule has 1 aromatic heterocycles. The van der Waals surface area contributed by atoms with E-state index in [1.165, 1.54) is 6.07 Å². The third-order valence-electron chi connectivity index (χ3n) is 7.37. The molecule has 3 heterocycles. The number of hydrogen-bond donors (Lipinski definition) is 2. The van der Waals surface area contributed by atoms with Crippen molar-refractivity contribution >= 4 is 41.3 Å². The first-order chi connectivity index (χ1) is 18.1. The molecule has 1 saturated heterocycles. The van der Waals surface area contributed by atoms with Gasteiger partial charge in [0, 0.05) is 54.2 Å². The van der Waals surface area contributed by atoms with E-state index in [9.17, 15) is 4.57 Å². The monoisotopic (exact) mass is 538 g/mol. The number of anilines is 5. The van der Waals surface area contributed by atoms with Crippen LogP contribution in [0.3, 0.4) is 0 Å². The van der Waals surface area contributed by atoms with Crippen molar-refractivity contribution in [2.75, 3.05) is 62.7 Å². The molecular formula is C28H36FN6O2P. The minimum atomic E-state index is -2.50. The maximum absolute atomic E-state index is 15.6. The van der Waals surface area contributed by atoms with Gasteiger partial charge in [-0.3, -0.25) is 0 Å². The van der Waals surface area contributed by atoms with Gasteiger partial charge in [-0.2, -0.15) is 4.98 Å². The number of rotatable bonds is 7. The third-order valence-corrected chi connectivity index (χ3v) is 8.92. The number of aromatic nitrogens is 2. The second kappa shape index (κ2) is 10.5. The Labute approximate surface area is 224 Å². The van der Waals surface area contributed by atoms with Crippen LogP contribution in [0.1, 0.15) is 24.0 Å². The number of halogens is 1. The van der Waals surface area contributed by atoms with Gasteiger partial charge in [-0.25, -0.2) is 9.37 Å². The molecule has 0 atom stereocenters. The van der Waals surface area contributed by atoms with Crippen molar-refractivity contribution in [3.05, 3.63) is 53.5 Å². The zero-order chi connectivity index (χ0) is 27.0. The predicted octanol–water partition coefficient (Wildman–Crippen LogP) is 5.12. The molecule has 3 aromatic rings. The smallest absolute Gasteiger partial charge is 0.229 e. The first kappa shape index (κ1) is 26.4. The summed E-state index contributed by atoms with van der Waals surface area (Å²) in [5.41, 5.74) is 3.65. The minimum Gasteiger partial charge on any atom is -0.491 e. The van der Waals surface area contributed by atoms with Crippen molar-refractivity contribution in [1.82, 2.24) is 14.9 Å². The van der Waals surface area contributed by atoms with Gasteiger partial charge in [-0.05, 0) is 59.3 Å². The molecule has 10 heteroatoms. The zero-order valence-corrected chi connectivity index (χ0v) is 23.6. The number of aryl methyl sites for hydroxylation is 1. The van der Waals surface area contributed by atoms with Crippen molar-refractivity contribution in [2.24, 2.45) is 0 Å². The molecule has 1 fully saturated rings. The van der Waals surface area contributed by atoms with Crippen molar-refractivity contribution in [1.29, 1.82) is 0 Å². The number of nitrogens with zero attached hydrogens (tertiary/aromatic N) is 4. The number of fused-ring (bicyclic) bond motifs is 1. The first-order valence-electron chi connectivity index (χ1n) is 13.0. The predicted molar refractivity (Wildman–Crippen MR) is 153 cm³/mol. The zero-order valence-electron chi connectivity index (χ0n) is 22.7. The second-order valence-corrected chi connectivity index (χ2v) is 13.9. The Kier molecular flexibility index (Phi) is 7.34. The topological polar surface area (TPSA) is 82.6 Å². The lowest BCUT2D eigenvalue weighted by Crippen LogP contribution is -2.42. The summed E-state index contributed by atoms with van der Waals surface area (Å²) >= 11 is 0. The molecule has 0 saturated carbocycles. The van der Waals surface area contributed by atoms with Gasteiger partial charge in [-0.1, -0.05) is 12.1 Å². The quantitative estimate of drug-likeness (QED) is 0.401. The van der Waals surface area contributed by atoms with Gasteiger partial charge in [-0.15, -0.1) is 0 Å². The molecule has 0 amide bonds. The highest BCUT2D eigenvalue weighted by Crippen LogP contribution is 2.44. The van der Waals surface area contributed by atoms with Gasteiger partial charge < -0.3 is 29.7 Å².